The molecule has 2 nitrogen and oxygen atoms in total. The summed E-state index contributed by atoms with van der Waals surface area (Å²) in [4.78, 5) is 0. The Kier molecular flexibility index (Phi) is 3.29. The van der Waals surface area contributed by atoms with Gasteiger partial charge in [0.1, 0.15) is 0 Å². The zero-order chi connectivity index (χ0) is 9.97. The van der Waals surface area contributed by atoms with Gasteiger partial charge in [-0.25, -0.2) is 0 Å². The van der Waals surface area contributed by atoms with E-state index in [1.165, 1.54) is 0 Å². The van der Waals surface area contributed by atoms with E-state index in [-0.39, 0.29) is 6.29 Å². The molecule has 0 atom stereocenters. The van der Waals surface area contributed by atoms with Crippen molar-refractivity contribution in [3.63, 3.8) is 0 Å². The first-order valence-electron chi connectivity index (χ1n) is 4.43. The van der Waals surface area contributed by atoms with Crippen molar-refractivity contribution in [1.29, 1.82) is 0 Å². The second-order valence-corrected chi connectivity index (χ2v) is 3.89. The van der Waals surface area contributed by atoms with Gasteiger partial charge in [-0.2, -0.15) is 0 Å². The lowest BCUT2D eigenvalue weighted by atomic mass is 10.1. The minimum atomic E-state index is -0.201. The maximum absolute atomic E-state index is 6.01. The highest BCUT2D eigenvalue weighted by molar-refractivity contribution is 6.35. The molecule has 1 saturated heterocycles. The largest absolute Gasteiger partial charge is 0.350 e. The van der Waals surface area contributed by atoms with Gasteiger partial charge in [-0.05, 0) is 17.7 Å². The molecular formula is C10H10Cl2O2. The SMILES string of the molecule is Clc1cccc(Cl)c1CC1OCCO1. The summed E-state index contributed by atoms with van der Waals surface area (Å²) in [6.45, 7) is 1.29. The third-order valence-electron chi connectivity index (χ3n) is 2.12. The molecule has 0 N–H and O–H groups in total. The second kappa shape index (κ2) is 4.49. The van der Waals surface area contributed by atoms with Gasteiger partial charge in [-0.1, -0.05) is 29.3 Å². The molecule has 0 radical (unpaired) electrons. The van der Waals surface area contributed by atoms with Crippen molar-refractivity contribution in [2.75, 3.05) is 13.2 Å². The molecule has 1 aromatic carbocycles. The van der Waals surface area contributed by atoms with Crippen LogP contribution in [-0.4, -0.2) is 19.5 Å². The first-order valence-corrected chi connectivity index (χ1v) is 5.19. The van der Waals surface area contributed by atoms with Crippen LogP contribution < -0.4 is 0 Å². The number of hydrogen-bond donors (Lipinski definition) is 0. The molecule has 1 fully saturated rings. The van der Waals surface area contributed by atoms with Gasteiger partial charge < -0.3 is 9.47 Å². The Morgan fingerprint density at radius 3 is 2.29 bits per heavy atom. The second-order valence-electron chi connectivity index (χ2n) is 3.08. The highest BCUT2D eigenvalue weighted by Gasteiger charge is 2.19. The fourth-order valence-corrected chi connectivity index (χ4v) is 1.97. The molecule has 0 aromatic heterocycles. The van der Waals surface area contributed by atoms with Crippen LogP contribution in [-0.2, 0) is 15.9 Å². The molecule has 1 aliphatic rings. The van der Waals surface area contributed by atoms with E-state index in [1.54, 1.807) is 0 Å². The molecule has 0 saturated carbocycles. The zero-order valence-corrected chi connectivity index (χ0v) is 9.02. The van der Waals surface area contributed by atoms with E-state index >= 15 is 0 Å². The van der Waals surface area contributed by atoms with Crippen molar-refractivity contribution in [2.45, 2.75) is 12.7 Å². The van der Waals surface area contributed by atoms with E-state index in [4.69, 9.17) is 32.7 Å². The van der Waals surface area contributed by atoms with Gasteiger partial charge in [0.15, 0.2) is 6.29 Å². The number of ether oxygens (including phenoxy) is 2. The van der Waals surface area contributed by atoms with Crippen LogP contribution in [0.2, 0.25) is 10.0 Å². The molecule has 0 bridgehead atoms. The van der Waals surface area contributed by atoms with E-state index < -0.39 is 0 Å². The number of halogens is 2. The Bertz CT molecular complexity index is 302. The Hall–Kier alpha value is -0.280. The van der Waals surface area contributed by atoms with Gasteiger partial charge in [0.2, 0.25) is 0 Å². The topological polar surface area (TPSA) is 18.5 Å². The van der Waals surface area contributed by atoms with Crippen LogP contribution >= 0.6 is 23.2 Å². The molecule has 0 amide bonds. The predicted octanol–water partition coefficient (Wildman–Crippen LogP) is 2.91. The van der Waals surface area contributed by atoms with Gasteiger partial charge in [0.05, 0.1) is 13.2 Å². The third kappa shape index (κ3) is 2.20. The lowest BCUT2D eigenvalue weighted by molar-refractivity contribution is -0.0399. The zero-order valence-electron chi connectivity index (χ0n) is 7.50. The number of hydrogen-bond acceptors (Lipinski definition) is 2. The minimum absolute atomic E-state index is 0.201. The Morgan fingerprint density at radius 2 is 1.71 bits per heavy atom. The van der Waals surface area contributed by atoms with Crippen LogP contribution in [0.25, 0.3) is 0 Å². The van der Waals surface area contributed by atoms with Crippen LogP contribution in [0.4, 0.5) is 0 Å². The summed E-state index contributed by atoms with van der Waals surface area (Å²) in [6, 6.07) is 5.46. The Labute approximate surface area is 92.7 Å². The van der Waals surface area contributed by atoms with Gasteiger partial charge >= 0.3 is 0 Å². The molecule has 4 heteroatoms. The number of benzene rings is 1. The normalized spacial score (nSPS) is 17.6. The van der Waals surface area contributed by atoms with Gasteiger partial charge in [0, 0.05) is 16.5 Å². The summed E-state index contributed by atoms with van der Waals surface area (Å²) in [5, 5.41) is 1.33. The Morgan fingerprint density at radius 1 is 1.14 bits per heavy atom. The monoisotopic (exact) mass is 232 g/mol. The van der Waals surface area contributed by atoms with Crippen molar-refractivity contribution in [2.24, 2.45) is 0 Å². The van der Waals surface area contributed by atoms with Gasteiger partial charge in [-0.3, -0.25) is 0 Å². The van der Waals surface area contributed by atoms with E-state index in [0.717, 1.165) is 5.56 Å². The molecule has 1 heterocycles. The summed E-state index contributed by atoms with van der Waals surface area (Å²) in [5.74, 6) is 0. The molecule has 1 aromatic rings. The summed E-state index contributed by atoms with van der Waals surface area (Å²) in [5.41, 5.74) is 0.891. The van der Waals surface area contributed by atoms with Gasteiger partial charge in [0.25, 0.3) is 0 Å². The van der Waals surface area contributed by atoms with Crippen molar-refractivity contribution < 1.29 is 9.47 Å². The van der Waals surface area contributed by atoms with E-state index in [1.807, 2.05) is 18.2 Å². The van der Waals surface area contributed by atoms with Crippen molar-refractivity contribution in [3.8, 4) is 0 Å². The van der Waals surface area contributed by atoms with E-state index in [2.05, 4.69) is 0 Å². The first-order chi connectivity index (χ1) is 6.77. The molecule has 0 unspecified atom stereocenters. The maximum atomic E-state index is 6.01. The van der Waals surface area contributed by atoms with E-state index in [0.29, 0.717) is 29.7 Å². The Balaban J connectivity index is 2.14. The summed E-state index contributed by atoms with van der Waals surface area (Å²) >= 11 is 12.0. The molecule has 1 aliphatic heterocycles. The first kappa shape index (κ1) is 10.2. The smallest absolute Gasteiger partial charge is 0.161 e. The number of rotatable bonds is 2. The highest BCUT2D eigenvalue weighted by atomic mass is 35.5. The predicted molar refractivity (Wildman–Crippen MR) is 55.9 cm³/mol. The van der Waals surface area contributed by atoms with Crippen molar-refractivity contribution >= 4 is 23.2 Å². The lowest BCUT2D eigenvalue weighted by Gasteiger charge is -2.11. The van der Waals surface area contributed by atoms with Crippen molar-refractivity contribution in [3.05, 3.63) is 33.8 Å². The van der Waals surface area contributed by atoms with Crippen LogP contribution in [0.5, 0.6) is 0 Å². The molecule has 76 valence electrons. The fourth-order valence-electron chi connectivity index (χ4n) is 1.42. The quantitative estimate of drug-likeness (QED) is 0.781. The van der Waals surface area contributed by atoms with Crippen LogP contribution in [0.3, 0.4) is 0 Å². The summed E-state index contributed by atoms with van der Waals surface area (Å²) < 4.78 is 10.7. The fraction of sp³-hybridized carbons (Fsp3) is 0.400. The molecule has 14 heavy (non-hydrogen) atoms. The molecule has 0 spiro atoms. The molecule has 2 rings (SSSR count). The van der Waals surface area contributed by atoms with Crippen LogP contribution in [0.1, 0.15) is 5.56 Å². The minimum Gasteiger partial charge on any atom is -0.350 e. The van der Waals surface area contributed by atoms with Gasteiger partial charge in [-0.15, -0.1) is 0 Å². The summed E-state index contributed by atoms with van der Waals surface area (Å²) in [7, 11) is 0. The lowest BCUT2D eigenvalue weighted by Crippen LogP contribution is -2.11. The third-order valence-corrected chi connectivity index (χ3v) is 2.83. The summed E-state index contributed by atoms with van der Waals surface area (Å²) in [6.07, 6.45) is 0.408. The molecule has 0 aliphatic carbocycles. The van der Waals surface area contributed by atoms with Crippen LogP contribution in [0, 0.1) is 0 Å². The maximum Gasteiger partial charge on any atom is 0.161 e. The average molecular weight is 233 g/mol. The average Bonchev–Trinajstić information content (AvgIpc) is 2.64. The van der Waals surface area contributed by atoms with E-state index in [9.17, 15) is 0 Å². The highest BCUT2D eigenvalue weighted by Crippen LogP contribution is 2.26. The van der Waals surface area contributed by atoms with Crippen molar-refractivity contribution in [1.82, 2.24) is 0 Å². The van der Waals surface area contributed by atoms with Crippen LogP contribution in [0.15, 0.2) is 18.2 Å². The molecular weight excluding hydrogens is 223 g/mol. The standard InChI is InChI=1S/C10H10Cl2O2/c11-8-2-1-3-9(12)7(8)6-10-13-4-5-14-10/h1-3,10H,4-6H2.